The molecule has 0 saturated carbocycles. The molecule has 1 saturated heterocycles. The van der Waals surface area contributed by atoms with Gasteiger partial charge < -0.3 is 20.1 Å². The topological polar surface area (TPSA) is 89.6 Å². The quantitative estimate of drug-likeness (QED) is 0.722. The van der Waals surface area contributed by atoms with Gasteiger partial charge >= 0.3 is 5.97 Å². The summed E-state index contributed by atoms with van der Waals surface area (Å²) < 4.78 is 10.9. The van der Waals surface area contributed by atoms with Crippen molar-refractivity contribution < 1.29 is 19.1 Å². The third-order valence-corrected chi connectivity index (χ3v) is 5.94. The van der Waals surface area contributed by atoms with Crippen LogP contribution >= 0.6 is 0 Å². The number of cyclic esters (lactones) is 1. The van der Waals surface area contributed by atoms with E-state index in [2.05, 4.69) is 39.9 Å². The first-order chi connectivity index (χ1) is 15.0. The number of amides is 1. The number of hydrogen-bond donors (Lipinski definition) is 2. The van der Waals surface area contributed by atoms with Gasteiger partial charge in [0.05, 0.1) is 19.1 Å². The molecule has 164 valence electrons. The number of benzene rings is 1. The number of anilines is 1. The third-order valence-electron chi connectivity index (χ3n) is 5.94. The Bertz CT molecular complexity index is 962. The Labute approximate surface area is 182 Å². The second kappa shape index (κ2) is 9.37. The highest BCUT2D eigenvalue weighted by atomic mass is 16.6. The van der Waals surface area contributed by atoms with Crippen molar-refractivity contribution in [2.24, 2.45) is 5.92 Å². The Kier molecular flexibility index (Phi) is 6.39. The number of nitrogens with zero attached hydrogens (tertiary/aromatic N) is 1. The van der Waals surface area contributed by atoms with E-state index in [9.17, 15) is 9.59 Å². The fourth-order valence-corrected chi connectivity index (χ4v) is 4.20. The number of aryl methyl sites for hydroxylation is 1. The van der Waals surface area contributed by atoms with E-state index >= 15 is 0 Å². The van der Waals surface area contributed by atoms with E-state index in [1.54, 1.807) is 12.1 Å². The Morgan fingerprint density at radius 2 is 1.97 bits per heavy atom. The molecule has 1 amide bonds. The average Bonchev–Trinajstić information content (AvgIpc) is 3.10. The first kappa shape index (κ1) is 21.2. The van der Waals surface area contributed by atoms with Crippen molar-refractivity contribution in [1.29, 1.82) is 0 Å². The van der Waals surface area contributed by atoms with Crippen LogP contribution in [0.15, 0.2) is 36.4 Å². The largest absolute Gasteiger partial charge is 0.481 e. The molecule has 7 heteroatoms. The predicted molar refractivity (Wildman–Crippen MR) is 117 cm³/mol. The molecule has 1 aromatic heterocycles. The van der Waals surface area contributed by atoms with Crippen LogP contribution in [0.5, 0.6) is 5.88 Å². The number of aromatic nitrogens is 1. The maximum Gasteiger partial charge on any atom is 0.309 e. The van der Waals surface area contributed by atoms with Gasteiger partial charge in [0.25, 0.3) is 5.91 Å². The van der Waals surface area contributed by atoms with Crippen LogP contribution in [0.4, 0.5) is 5.82 Å². The van der Waals surface area contributed by atoms with Gasteiger partial charge in [-0.05, 0) is 49.3 Å². The summed E-state index contributed by atoms with van der Waals surface area (Å²) >= 11 is 0. The van der Waals surface area contributed by atoms with E-state index in [4.69, 9.17) is 9.47 Å². The van der Waals surface area contributed by atoms with E-state index in [1.807, 2.05) is 6.92 Å². The second-order valence-corrected chi connectivity index (χ2v) is 8.38. The molecule has 7 nitrogen and oxygen atoms in total. The molecular weight excluding hydrogens is 394 g/mol. The first-order valence-electron chi connectivity index (χ1n) is 10.9. The number of pyridine rings is 1. The Balaban J connectivity index is 1.66. The molecule has 4 bridgehead atoms. The number of methoxy groups -OCH3 is 1. The number of carbonyl (C=O) groups excluding carboxylic acids is 2. The van der Waals surface area contributed by atoms with E-state index in [0.717, 1.165) is 31.4 Å². The number of esters is 1. The molecule has 0 spiro atoms. The lowest BCUT2D eigenvalue weighted by molar-refractivity contribution is -0.144. The standard InChI is InChI=1S/C24H29N3O4/c1-15-10-20(31-24(15)29)19-12-17-8-5-7-16(11-17)6-3-4-9-25-21-13-18(23(28)26-19)14-22(27-21)30-2/h5,7-8,11,13-15,19-20H,3-4,6,9-10,12H2,1-2H3,(H,25,27)(H,26,28)/t15-,19+,20+/m1/s1. The van der Waals surface area contributed by atoms with Crippen molar-refractivity contribution in [1.82, 2.24) is 10.3 Å². The van der Waals surface area contributed by atoms with Gasteiger partial charge in [-0.15, -0.1) is 0 Å². The second-order valence-electron chi connectivity index (χ2n) is 8.38. The van der Waals surface area contributed by atoms with Crippen LogP contribution in [0.1, 0.15) is 47.7 Å². The molecule has 2 aliphatic heterocycles. The molecule has 0 unspecified atom stereocenters. The Morgan fingerprint density at radius 1 is 1.13 bits per heavy atom. The number of ether oxygens (including phenoxy) is 2. The lowest BCUT2D eigenvalue weighted by Crippen LogP contribution is -2.45. The molecular formula is C24H29N3O4. The molecule has 2 aliphatic rings. The first-order valence-corrected chi connectivity index (χ1v) is 10.9. The molecule has 1 fully saturated rings. The summed E-state index contributed by atoms with van der Waals surface area (Å²) in [5, 5.41) is 6.40. The van der Waals surface area contributed by atoms with Crippen LogP contribution in [0.3, 0.4) is 0 Å². The number of rotatable bonds is 2. The lowest BCUT2D eigenvalue weighted by Gasteiger charge is -2.24. The molecule has 2 aromatic rings. The summed E-state index contributed by atoms with van der Waals surface area (Å²) in [5.41, 5.74) is 2.86. The highest BCUT2D eigenvalue weighted by Gasteiger charge is 2.37. The highest BCUT2D eigenvalue weighted by Crippen LogP contribution is 2.26. The fraction of sp³-hybridized carbons (Fsp3) is 0.458. The van der Waals surface area contributed by atoms with Crippen LogP contribution in [0.25, 0.3) is 0 Å². The van der Waals surface area contributed by atoms with Crippen LogP contribution in [-0.2, 0) is 22.4 Å². The molecule has 2 N–H and O–H groups in total. The van der Waals surface area contributed by atoms with Crippen LogP contribution < -0.4 is 15.4 Å². The van der Waals surface area contributed by atoms with Gasteiger partial charge in [0.1, 0.15) is 11.9 Å². The van der Waals surface area contributed by atoms with Gasteiger partial charge in [0.15, 0.2) is 0 Å². The van der Waals surface area contributed by atoms with Gasteiger partial charge in [-0.1, -0.05) is 31.2 Å². The van der Waals surface area contributed by atoms with Gasteiger partial charge in [-0.2, -0.15) is 4.98 Å². The Hall–Kier alpha value is -3.09. The summed E-state index contributed by atoms with van der Waals surface area (Å²) in [6.45, 7) is 2.63. The van der Waals surface area contributed by atoms with Gasteiger partial charge in [0, 0.05) is 18.2 Å². The zero-order chi connectivity index (χ0) is 21.8. The number of nitrogens with one attached hydrogen (secondary N) is 2. The fourth-order valence-electron chi connectivity index (χ4n) is 4.20. The summed E-state index contributed by atoms with van der Waals surface area (Å²) in [6, 6.07) is 11.5. The van der Waals surface area contributed by atoms with Crippen molar-refractivity contribution >= 4 is 17.7 Å². The van der Waals surface area contributed by atoms with Crippen LogP contribution in [-0.4, -0.2) is 42.7 Å². The number of carbonyl (C=O) groups is 2. The smallest absolute Gasteiger partial charge is 0.309 e. The highest BCUT2D eigenvalue weighted by molar-refractivity contribution is 5.95. The average molecular weight is 424 g/mol. The van der Waals surface area contributed by atoms with Crippen LogP contribution in [0.2, 0.25) is 0 Å². The summed E-state index contributed by atoms with van der Waals surface area (Å²) in [5.74, 6) is 0.374. The molecule has 3 heterocycles. The SMILES string of the molecule is COc1cc2cc(n1)NCCCCc1cccc(c1)C[C@@H]([C@@H]1C[C@@H](C)C(=O)O1)NC2=O. The predicted octanol–water partition coefficient (Wildman–Crippen LogP) is 3.13. The maximum atomic E-state index is 13.2. The normalized spacial score (nSPS) is 24.3. The zero-order valence-electron chi connectivity index (χ0n) is 18.0. The van der Waals surface area contributed by atoms with Crippen molar-refractivity contribution in [3.8, 4) is 5.88 Å². The van der Waals surface area contributed by atoms with Crippen molar-refractivity contribution in [3.05, 3.63) is 53.1 Å². The monoisotopic (exact) mass is 423 g/mol. The molecule has 3 atom stereocenters. The van der Waals surface area contributed by atoms with E-state index in [1.165, 1.54) is 12.7 Å². The molecule has 0 aliphatic carbocycles. The van der Waals surface area contributed by atoms with Crippen molar-refractivity contribution in [2.75, 3.05) is 19.0 Å². The lowest BCUT2D eigenvalue weighted by atomic mass is 9.95. The minimum atomic E-state index is -0.355. The molecule has 1 aromatic carbocycles. The maximum absolute atomic E-state index is 13.2. The van der Waals surface area contributed by atoms with E-state index < -0.39 is 0 Å². The van der Waals surface area contributed by atoms with E-state index in [-0.39, 0.29) is 29.9 Å². The van der Waals surface area contributed by atoms with Gasteiger partial charge in [-0.3, -0.25) is 9.59 Å². The van der Waals surface area contributed by atoms with Crippen molar-refractivity contribution in [2.45, 2.75) is 51.2 Å². The minimum Gasteiger partial charge on any atom is -0.481 e. The minimum absolute atomic E-state index is 0.165. The Morgan fingerprint density at radius 3 is 2.74 bits per heavy atom. The van der Waals surface area contributed by atoms with Crippen molar-refractivity contribution in [3.63, 3.8) is 0 Å². The number of hydrogen-bond acceptors (Lipinski definition) is 6. The third kappa shape index (κ3) is 5.16. The summed E-state index contributed by atoms with van der Waals surface area (Å²) in [6.07, 6.45) is 3.85. The summed E-state index contributed by atoms with van der Waals surface area (Å²) in [4.78, 5) is 29.6. The molecule has 0 radical (unpaired) electrons. The van der Waals surface area contributed by atoms with Gasteiger partial charge in [-0.25, -0.2) is 0 Å². The summed E-state index contributed by atoms with van der Waals surface area (Å²) in [7, 11) is 1.53. The zero-order valence-corrected chi connectivity index (χ0v) is 18.0. The van der Waals surface area contributed by atoms with Gasteiger partial charge in [0.2, 0.25) is 5.88 Å². The molecule has 4 rings (SSSR count). The van der Waals surface area contributed by atoms with E-state index in [0.29, 0.717) is 30.1 Å². The molecule has 31 heavy (non-hydrogen) atoms. The number of fused-ring (bicyclic) bond motifs is 4. The van der Waals surface area contributed by atoms with Crippen LogP contribution in [0, 0.1) is 5.92 Å².